The number of pyridine rings is 1. The van der Waals surface area contributed by atoms with Crippen LogP contribution in [0.15, 0.2) is 85.1 Å². The van der Waals surface area contributed by atoms with Gasteiger partial charge in [-0.25, -0.2) is 4.72 Å². The van der Waals surface area contributed by atoms with Gasteiger partial charge in [0.25, 0.3) is 5.91 Å². The van der Waals surface area contributed by atoms with Gasteiger partial charge in [0.2, 0.25) is 0 Å². The minimum Gasteiger partial charge on any atom is -0.491 e. The standard InChI is InChI=1S/C29H28F3N3O7S/c30-29(31,32)43(39,40)35-28(38)20-8-11-25-26(15-20)33-13-12-27(25)42-24-9-6-19(7-10-24)14-21(17-36)34-16-22(37)18-41-23-4-2-1-3-5-23/h1-13,15,21-22,34,36-37H,14,16-18H2,(H,35,38)/t21-,22-/m0/s1. The molecule has 0 unspecified atom stereocenters. The number of sulfonamides is 1. The summed E-state index contributed by atoms with van der Waals surface area (Å²) in [5, 5.41) is 23.6. The van der Waals surface area contributed by atoms with Crippen LogP contribution in [0.2, 0.25) is 0 Å². The lowest BCUT2D eigenvalue weighted by Gasteiger charge is -2.19. The topological polar surface area (TPSA) is 147 Å². The molecule has 0 fully saturated rings. The second-order valence-electron chi connectivity index (χ2n) is 9.44. The summed E-state index contributed by atoms with van der Waals surface area (Å²) in [5.41, 5.74) is -4.89. The van der Waals surface area contributed by atoms with Crippen molar-refractivity contribution in [2.75, 3.05) is 19.8 Å². The van der Waals surface area contributed by atoms with Crippen molar-refractivity contribution >= 4 is 26.8 Å². The summed E-state index contributed by atoms with van der Waals surface area (Å²) in [6.07, 6.45) is 1.06. The number of nitrogens with zero attached hydrogens (tertiary/aromatic N) is 1. The number of aliphatic hydroxyl groups excluding tert-OH is 2. The number of benzene rings is 3. The molecule has 1 aromatic heterocycles. The number of aliphatic hydroxyl groups is 2. The number of aromatic nitrogens is 1. The summed E-state index contributed by atoms with van der Waals surface area (Å²) < 4.78 is 72.8. The van der Waals surface area contributed by atoms with E-state index < -0.39 is 27.5 Å². The number of para-hydroxylation sites is 1. The highest BCUT2D eigenvalue weighted by Crippen LogP contribution is 2.30. The molecule has 0 aliphatic rings. The Balaban J connectivity index is 1.34. The molecule has 43 heavy (non-hydrogen) atoms. The number of ether oxygens (including phenoxy) is 2. The van der Waals surface area contributed by atoms with Gasteiger partial charge >= 0.3 is 15.5 Å². The monoisotopic (exact) mass is 619 g/mol. The lowest BCUT2D eigenvalue weighted by molar-refractivity contribution is -0.0446. The summed E-state index contributed by atoms with van der Waals surface area (Å²) in [6.45, 7) is 0.158. The summed E-state index contributed by atoms with van der Waals surface area (Å²) in [7, 11) is -5.86. The third-order valence-corrected chi connectivity index (χ3v) is 7.24. The highest BCUT2D eigenvalue weighted by molar-refractivity contribution is 7.90. The first-order valence-corrected chi connectivity index (χ1v) is 14.4. The van der Waals surface area contributed by atoms with Crippen LogP contribution >= 0.6 is 0 Å². The summed E-state index contributed by atoms with van der Waals surface area (Å²) in [6, 6.07) is 21.1. The van der Waals surface area contributed by atoms with E-state index in [1.807, 2.05) is 30.3 Å². The van der Waals surface area contributed by atoms with E-state index in [-0.39, 0.29) is 36.9 Å². The Labute approximate surface area is 245 Å². The van der Waals surface area contributed by atoms with Crippen molar-refractivity contribution in [3.05, 3.63) is 96.2 Å². The molecule has 1 amide bonds. The van der Waals surface area contributed by atoms with Crippen LogP contribution in [-0.4, -0.2) is 66.9 Å². The molecule has 228 valence electrons. The molecule has 0 radical (unpaired) electrons. The van der Waals surface area contributed by atoms with Gasteiger partial charge in [0.05, 0.1) is 12.1 Å². The number of halogens is 3. The number of hydrogen-bond donors (Lipinski definition) is 4. The Morgan fingerprint density at radius 3 is 2.37 bits per heavy atom. The first-order chi connectivity index (χ1) is 20.4. The molecular weight excluding hydrogens is 591 g/mol. The normalized spacial score (nSPS) is 13.3. The highest BCUT2D eigenvalue weighted by Gasteiger charge is 2.47. The Hall–Kier alpha value is -4.24. The predicted octanol–water partition coefficient (Wildman–Crippen LogP) is 3.54. The number of carbonyl (C=O) groups excluding carboxylic acids is 1. The second kappa shape index (κ2) is 13.8. The molecule has 0 aliphatic carbocycles. The van der Waals surface area contributed by atoms with Gasteiger partial charge in [0.15, 0.2) is 0 Å². The van der Waals surface area contributed by atoms with Crippen molar-refractivity contribution in [3.8, 4) is 17.2 Å². The maximum Gasteiger partial charge on any atom is 0.516 e. The number of rotatable bonds is 13. The molecular formula is C29H28F3N3O7S. The van der Waals surface area contributed by atoms with E-state index in [9.17, 15) is 36.6 Å². The Morgan fingerprint density at radius 1 is 0.977 bits per heavy atom. The minimum atomic E-state index is -5.86. The van der Waals surface area contributed by atoms with Crippen molar-refractivity contribution in [1.82, 2.24) is 15.0 Å². The van der Waals surface area contributed by atoms with Crippen molar-refractivity contribution in [1.29, 1.82) is 0 Å². The molecule has 1 heterocycles. The van der Waals surface area contributed by atoms with Gasteiger partial charge in [-0.3, -0.25) is 9.78 Å². The van der Waals surface area contributed by atoms with Gasteiger partial charge in [0, 0.05) is 29.7 Å². The van der Waals surface area contributed by atoms with Crippen LogP contribution in [0.3, 0.4) is 0 Å². The van der Waals surface area contributed by atoms with Gasteiger partial charge in [0.1, 0.15) is 30.0 Å². The van der Waals surface area contributed by atoms with Crippen LogP contribution < -0.4 is 19.5 Å². The van der Waals surface area contributed by atoms with E-state index in [0.717, 1.165) is 22.4 Å². The third-order valence-electron chi connectivity index (χ3n) is 6.18. The Kier molecular flexibility index (Phi) is 10.2. The lowest BCUT2D eigenvalue weighted by Crippen LogP contribution is -2.41. The van der Waals surface area contributed by atoms with Gasteiger partial charge in [-0.05, 0) is 60.5 Å². The minimum absolute atomic E-state index is 0.0966. The third kappa shape index (κ3) is 8.64. The SMILES string of the molecule is O=C(NS(=O)(=O)C(F)(F)F)c1ccc2c(Oc3ccc(C[C@@H](CO)NC[C@H](O)COc4ccccc4)cc3)ccnc2c1. The van der Waals surface area contributed by atoms with E-state index >= 15 is 0 Å². The van der Waals surface area contributed by atoms with Gasteiger partial charge < -0.3 is 25.0 Å². The number of amides is 1. The van der Waals surface area contributed by atoms with Gasteiger partial charge in [-0.1, -0.05) is 30.3 Å². The molecule has 10 nitrogen and oxygen atoms in total. The fourth-order valence-corrected chi connectivity index (χ4v) is 4.45. The Bertz CT molecular complexity index is 1640. The predicted molar refractivity (Wildman–Crippen MR) is 151 cm³/mol. The molecule has 0 aliphatic heterocycles. The van der Waals surface area contributed by atoms with Crippen LogP contribution in [0.25, 0.3) is 10.9 Å². The fraction of sp³-hybridized carbons (Fsp3) is 0.241. The zero-order valence-corrected chi connectivity index (χ0v) is 23.3. The molecule has 3 aromatic carbocycles. The average Bonchev–Trinajstić information content (AvgIpc) is 2.98. The maximum absolute atomic E-state index is 12.6. The first-order valence-electron chi connectivity index (χ1n) is 12.9. The van der Waals surface area contributed by atoms with E-state index in [2.05, 4.69) is 10.3 Å². The summed E-state index contributed by atoms with van der Waals surface area (Å²) >= 11 is 0. The highest BCUT2D eigenvalue weighted by atomic mass is 32.2. The van der Waals surface area contributed by atoms with Crippen LogP contribution in [0, 0.1) is 0 Å². The fourth-order valence-electron chi connectivity index (χ4n) is 3.97. The smallest absolute Gasteiger partial charge is 0.491 e. The van der Waals surface area contributed by atoms with E-state index in [4.69, 9.17) is 9.47 Å². The summed E-state index contributed by atoms with van der Waals surface area (Å²) in [5.74, 6) is -0.00355. The van der Waals surface area contributed by atoms with Gasteiger partial charge in [-0.2, -0.15) is 21.6 Å². The number of fused-ring (bicyclic) bond motifs is 1. The summed E-state index contributed by atoms with van der Waals surface area (Å²) in [4.78, 5) is 16.2. The van der Waals surface area contributed by atoms with Crippen LogP contribution in [-0.2, 0) is 16.4 Å². The van der Waals surface area contributed by atoms with E-state index in [1.165, 1.54) is 12.3 Å². The molecule has 0 bridgehead atoms. The van der Waals surface area contributed by atoms with Crippen molar-refractivity contribution in [2.45, 2.75) is 24.1 Å². The van der Waals surface area contributed by atoms with Crippen molar-refractivity contribution in [3.63, 3.8) is 0 Å². The van der Waals surface area contributed by atoms with E-state index in [0.29, 0.717) is 29.1 Å². The molecule has 14 heteroatoms. The maximum atomic E-state index is 12.6. The zero-order chi connectivity index (χ0) is 31.0. The lowest BCUT2D eigenvalue weighted by atomic mass is 10.1. The number of nitrogens with one attached hydrogen (secondary N) is 2. The molecule has 0 saturated carbocycles. The van der Waals surface area contributed by atoms with E-state index in [1.54, 1.807) is 30.3 Å². The van der Waals surface area contributed by atoms with Crippen LogP contribution in [0.4, 0.5) is 13.2 Å². The molecule has 4 N–H and O–H groups in total. The average molecular weight is 620 g/mol. The largest absolute Gasteiger partial charge is 0.516 e. The van der Waals surface area contributed by atoms with Crippen molar-refractivity contribution in [2.24, 2.45) is 0 Å². The zero-order valence-electron chi connectivity index (χ0n) is 22.5. The first kappa shape index (κ1) is 31.7. The quantitative estimate of drug-likeness (QED) is 0.176. The molecule has 0 spiro atoms. The number of alkyl halides is 3. The molecule has 4 aromatic rings. The second-order valence-corrected chi connectivity index (χ2v) is 11.1. The van der Waals surface area contributed by atoms with Gasteiger partial charge in [-0.15, -0.1) is 0 Å². The van der Waals surface area contributed by atoms with Crippen LogP contribution in [0.1, 0.15) is 15.9 Å². The Morgan fingerprint density at radius 2 is 1.70 bits per heavy atom. The molecule has 2 atom stereocenters. The van der Waals surface area contributed by atoms with Crippen molar-refractivity contribution < 1.29 is 46.1 Å². The molecule has 0 saturated heterocycles. The number of carbonyl (C=O) groups is 1. The number of hydrogen-bond acceptors (Lipinski definition) is 9. The molecule has 4 rings (SSSR count). The van der Waals surface area contributed by atoms with Crippen LogP contribution in [0.5, 0.6) is 17.2 Å².